The van der Waals surface area contributed by atoms with Crippen LogP contribution in [0.4, 0.5) is 4.39 Å². The molecule has 1 aromatic carbocycles. The van der Waals surface area contributed by atoms with E-state index in [0.717, 1.165) is 11.3 Å². The van der Waals surface area contributed by atoms with Crippen molar-refractivity contribution in [2.75, 3.05) is 0 Å². The lowest BCUT2D eigenvalue weighted by Gasteiger charge is -1.94. The van der Waals surface area contributed by atoms with Crippen molar-refractivity contribution in [3.05, 3.63) is 65.7 Å². The van der Waals surface area contributed by atoms with Crippen LogP contribution in [0.3, 0.4) is 0 Å². The van der Waals surface area contributed by atoms with Gasteiger partial charge in [-0.3, -0.25) is 0 Å². The van der Waals surface area contributed by atoms with Gasteiger partial charge in [-0.2, -0.15) is 0 Å². The smallest absolute Gasteiger partial charge is 0.204 e. The summed E-state index contributed by atoms with van der Waals surface area (Å²) in [5, 5.41) is 0. The van der Waals surface area contributed by atoms with Crippen LogP contribution in [0.5, 0.6) is 0 Å². The molecule has 0 aliphatic rings. The molecule has 0 aliphatic heterocycles. The van der Waals surface area contributed by atoms with Gasteiger partial charge < -0.3 is 24.0 Å². The average Bonchev–Trinajstić information content (AvgIpc) is 2.30. The molecular weight excluding hydrogens is 328 g/mol. The van der Waals surface area contributed by atoms with E-state index in [-0.39, 0.29) is 29.8 Å². The van der Waals surface area contributed by atoms with Gasteiger partial charge >= 0.3 is 0 Å². The molecular formula is C14H13FIN. The summed E-state index contributed by atoms with van der Waals surface area (Å²) in [6.45, 7) is 0. The molecule has 0 radical (unpaired) electrons. The summed E-state index contributed by atoms with van der Waals surface area (Å²) in [5.74, 6) is -0.206. The second kappa shape index (κ2) is 6.49. The molecule has 0 bridgehead atoms. The second-order valence-electron chi connectivity index (χ2n) is 3.62. The van der Waals surface area contributed by atoms with Gasteiger partial charge in [-0.1, -0.05) is 12.1 Å². The fraction of sp³-hybridized carbons (Fsp3) is 0.0714. The van der Waals surface area contributed by atoms with Gasteiger partial charge in [-0.15, -0.1) is 0 Å². The predicted molar refractivity (Wildman–Crippen MR) is 62.9 cm³/mol. The summed E-state index contributed by atoms with van der Waals surface area (Å²) >= 11 is 0. The second-order valence-corrected chi connectivity index (χ2v) is 3.62. The maximum atomic E-state index is 12.7. The lowest BCUT2D eigenvalue weighted by Crippen LogP contribution is -3.00. The molecule has 3 heteroatoms. The monoisotopic (exact) mass is 341 g/mol. The maximum Gasteiger partial charge on any atom is 0.204 e. The SMILES string of the molecule is C[n+]1ccccc1C=Cc1ccc(F)cc1.[I-]. The van der Waals surface area contributed by atoms with E-state index in [4.69, 9.17) is 0 Å². The molecule has 0 amide bonds. The fourth-order valence-electron chi connectivity index (χ4n) is 1.47. The zero-order valence-electron chi connectivity index (χ0n) is 9.48. The van der Waals surface area contributed by atoms with Gasteiger partial charge in [0.05, 0.1) is 0 Å². The molecule has 0 saturated heterocycles. The number of hydrogen-bond acceptors (Lipinski definition) is 0. The summed E-state index contributed by atoms with van der Waals surface area (Å²) in [6.07, 6.45) is 5.96. The Labute approximate surface area is 118 Å². The van der Waals surface area contributed by atoms with Gasteiger partial charge in [0.1, 0.15) is 12.9 Å². The molecule has 88 valence electrons. The highest BCUT2D eigenvalue weighted by Gasteiger charge is 1.98. The number of rotatable bonds is 2. The summed E-state index contributed by atoms with van der Waals surface area (Å²) in [4.78, 5) is 0. The van der Waals surface area contributed by atoms with Crippen LogP contribution in [-0.2, 0) is 7.05 Å². The van der Waals surface area contributed by atoms with E-state index in [9.17, 15) is 4.39 Å². The van der Waals surface area contributed by atoms with E-state index in [0.29, 0.717) is 0 Å². The Morgan fingerprint density at radius 2 is 1.71 bits per heavy atom. The molecule has 0 aliphatic carbocycles. The molecule has 1 aromatic heterocycles. The summed E-state index contributed by atoms with van der Waals surface area (Å²) in [7, 11) is 1.99. The first-order chi connectivity index (χ1) is 7.75. The van der Waals surface area contributed by atoms with Crippen LogP contribution in [0.2, 0.25) is 0 Å². The third-order valence-electron chi connectivity index (χ3n) is 2.41. The van der Waals surface area contributed by atoms with Crippen LogP contribution in [0.15, 0.2) is 48.7 Å². The van der Waals surface area contributed by atoms with E-state index in [1.165, 1.54) is 12.1 Å². The topological polar surface area (TPSA) is 3.88 Å². The Balaban J connectivity index is 0.00000144. The van der Waals surface area contributed by atoms with Gasteiger partial charge in [0.2, 0.25) is 5.69 Å². The van der Waals surface area contributed by atoms with Crippen LogP contribution >= 0.6 is 0 Å². The molecule has 0 atom stereocenters. The van der Waals surface area contributed by atoms with Crippen molar-refractivity contribution in [2.45, 2.75) is 0 Å². The van der Waals surface area contributed by atoms with Crippen molar-refractivity contribution >= 4 is 12.2 Å². The average molecular weight is 341 g/mol. The molecule has 0 unspecified atom stereocenters. The molecule has 2 aromatic rings. The summed E-state index contributed by atoms with van der Waals surface area (Å²) in [6, 6.07) is 12.4. The van der Waals surface area contributed by atoms with Crippen LogP contribution in [-0.4, -0.2) is 0 Å². The third kappa shape index (κ3) is 3.93. The Bertz CT molecular complexity index is 506. The quantitative estimate of drug-likeness (QED) is 0.527. The van der Waals surface area contributed by atoms with Crippen LogP contribution in [0, 0.1) is 5.82 Å². The lowest BCUT2D eigenvalue weighted by atomic mass is 10.2. The van der Waals surface area contributed by atoms with E-state index in [2.05, 4.69) is 0 Å². The number of halogens is 2. The lowest BCUT2D eigenvalue weighted by molar-refractivity contribution is -0.673. The zero-order valence-corrected chi connectivity index (χ0v) is 11.6. The molecule has 17 heavy (non-hydrogen) atoms. The van der Waals surface area contributed by atoms with Gasteiger partial charge in [0.15, 0.2) is 6.20 Å². The fourth-order valence-corrected chi connectivity index (χ4v) is 1.47. The van der Waals surface area contributed by atoms with Crippen LogP contribution < -0.4 is 28.5 Å². The highest BCUT2D eigenvalue weighted by atomic mass is 127. The molecule has 2 rings (SSSR count). The highest BCUT2D eigenvalue weighted by Crippen LogP contribution is 2.06. The van der Waals surface area contributed by atoms with E-state index in [1.54, 1.807) is 12.1 Å². The standard InChI is InChI=1S/C14H13FN.HI/c1-16-11-3-2-4-14(16)10-7-12-5-8-13(15)9-6-12;/h2-11H,1H3;1H/q+1;/p-1. The van der Waals surface area contributed by atoms with Crippen LogP contribution in [0.1, 0.15) is 11.3 Å². The van der Waals surface area contributed by atoms with Gasteiger partial charge in [-0.25, -0.2) is 8.96 Å². The van der Waals surface area contributed by atoms with Crippen molar-refractivity contribution in [3.63, 3.8) is 0 Å². The summed E-state index contributed by atoms with van der Waals surface area (Å²) in [5.41, 5.74) is 2.09. The molecule has 0 N–H and O–H groups in total. The van der Waals surface area contributed by atoms with Crippen LogP contribution in [0.25, 0.3) is 12.2 Å². The van der Waals surface area contributed by atoms with Crippen molar-refractivity contribution in [1.82, 2.24) is 0 Å². The molecule has 1 nitrogen and oxygen atoms in total. The maximum absolute atomic E-state index is 12.7. The normalized spacial score (nSPS) is 10.2. The minimum absolute atomic E-state index is 0. The van der Waals surface area contributed by atoms with Gasteiger partial charge in [0, 0.05) is 18.2 Å². The van der Waals surface area contributed by atoms with Gasteiger partial charge in [-0.05, 0) is 29.8 Å². The Morgan fingerprint density at radius 3 is 2.35 bits per heavy atom. The number of aromatic nitrogens is 1. The first-order valence-corrected chi connectivity index (χ1v) is 5.14. The van der Waals surface area contributed by atoms with Gasteiger partial charge in [0.25, 0.3) is 0 Å². The Kier molecular flexibility index (Phi) is 5.28. The third-order valence-corrected chi connectivity index (χ3v) is 2.41. The summed E-state index contributed by atoms with van der Waals surface area (Å²) < 4.78 is 14.7. The predicted octanol–water partition coefficient (Wildman–Crippen LogP) is -0.175. The van der Waals surface area contributed by atoms with E-state index < -0.39 is 0 Å². The Morgan fingerprint density at radius 1 is 1.00 bits per heavy atom. The van der Waals surface area contributed by atoms with E-state index in [1.807, 2.05) is 48.2 Å². The molecule has 0 saturated carbocycles. The zero-order chi connectivity index (χ0) is 11.4. The highest BCUT2D eigenvalue weighted by molar-refractivity contribution is 5.66. The molecule has 1 heterocycles. The minimum Gasteiger partial charge on any atom is -1.00 e. The van der Waals surface area contributed by atoms with E-state index >= 15 is 0 Å². The van der Waals surface area contributed by atoms with Crippen molar-refractivity contribution in [3.8, 4) is 0 Å². The van der Waals surface area contributed by atoms with Crippen molar-refractivity contribution < 1.29 is 32.9 Å². The number of hydrogen-bond donors (Lipinski definition) is 0. The number of benzene rings is 1. The number of aryl methyl sites for hydroxylation is 1. The number of nitrogens with zero attached hydrogens (tertiary/aromatic N) is 1. The minimum atomic E-state index is -0.206. The first kappa shape index (κ1) is 13.8. The largest absolute Gasteiger partial charge is 1.00 e. The van der Waals surface area contributed by atoms with Crippen molar-refractivity contribution in [2.24, 2.45) is 7.05 Å². The number of pyridine rings is 1. The van der Waals surface area contributed by atoms with Crippen molar-refractivity contribution in [1.29, 1.82) is 0 Å². The molecule has 0 spiro atoms. The first-order valence-electron chi connectivity index (χ1n) is 5.14. The Hall–Kier alpha value is -1.23. The molecule has 0 fully saturated rings.